The van der Waals surface area contributed by atoms with Gasteiger partial charge in [-0.25, -0.2) is 4.39 Å². The molecule has 0 aliphatic heterocycles. The van der Waals surface area contributed by atoms with Crippen LogP contribution >= 0.6 is 11.6 Å². The molecular formula is C9H9ClFNO3. The first kappa shape index (κ1) is 11.7. The van der Waals surface area contributed by atoms with Gasteiger partial charge in [-0.3, -0.25) is 4.79 Å². The number of nitrogens with two attached hydrogens (primary N) is 1. The van der Waals surface area contributed by atoms with Crippen LogP contribution in [0, 0.1) is 5.82 Å². The van der Waals surface area contributed by atoms with Crippen molar-refractivity contribution in [3.8, 4) is 5.75 Å². The first-order chi connectivity index (χ1) is 6.97. The van der Waals surface area contributed by atoms with Gasteiger partial charge in [0.1, 0.15) is 22.6 Å². The van der Waals surface area contributed by atoms with Crippen molar-refractivity contribution in [3.05, 3.63) is 28.5 Å². The average molecular weight is 234 g/mol. The van der Waals surface area contributed by atoms with E-state index in [-0.39, 0.29) is 16.3 Å². The second-order valence-electron chi connectivity index (χ2n) is 2.83. The van der Waals surface area contributed by atoms with Crippen molar-refractivity contribution < 1.29 is 19.0 Å². The lowest BCUT2D eigenvalue weighted by Crippen LogP contribution is -2.20. The van der Waals surface area contributed by atoms with E-state index in [4.69, 9.17) is 27.2 Å². The quantitative estimate of drug-likeness (QED) is 0.831. The molecule has 82 valence electrons. The third-order valence-corrected chi connectivity index (χ3v) is 2.23. The molecule has 1 aromatic carbocycles. The molecule has 0 saturated carbocycles. The molecule has 0 bridgehead atoms. The van der Waals surface area contributed by atoms with Crippen LogP contribution in [0.5, 0.6) is 5.75 Å². The molecule has 15 heavy (non-hydrogen) atoms. The maximum atomic E-state index is 13.2. The fourth-order valence-electron chi connectivity index (χ4n) is 1.05. The number of carboxylic acid groups (broad SMARTS) is 1. The number of carbonyl (C=O) groups is 1. The van der Waals surface area contributed by atoms with Gasteiger partial charge in [-0.15, -0.1) is 0 Å². The highest BCUT2D eigenvalue weighted by atomic mass is 35.5. The maximum absolute atomic E-state index is 13.2. The number of methoxy groups -OCH3 is 1. The summed E-state index contributed by atoms with van der Waals surface area (Å²) < 4.78 is 18.0. The van der Waals surface area contributed by atoms with Crippen molar-refractivity contribution in [2.75, 3.05) is 7.11 Å². The van der Waals surface area contributed by atoms with Gasteiger partial charge in [-0.2, -0.15) is 0 Å². The zero-order valence-electron chi connectivity index (χ0n) is 7.83. The molecule has 0 amide bonds. The van der Waals surface area contributed by atoms with Gasteiger partial charge in [-0.1, -0.05) is 11.6 Å². The molecular weight excluding hydrogens is 225 g/mol. The predicted octanol–water partition coefficient (Wildman–Crippen LogP) is 1.57. The molecule has 1 aromatic rings. The van der Waals surface area contributed by atoms with E-state index in [1.54, 1.807) is 0 Å². The van der Waals surface area contributed by atoms with Crippen LogP contribution in [0.1, 0.15) is 11.6 Å². The van der Waals surface area contributed by atoms with E-state index < -0.39 is 17.8 Å². The van der Waals surface area contributed by atoms with Crippen molar-refractivity contribution in [2.24, 2.45) is 5.73 Å². The summed E-state index contributed by atoms with van der Waals surface area (Å²) in [5.41, 5.74) is 5.41. The Morgan fingerprint density at radius 1 is 1.67 bits per heavy atom. The topological polar surface area (TPSA) is 72.5 Å². The van der Waals surface area contributed by atoms with Gasteiger partial charge in [0.15, 0.2) is 0 Å². The molecule has 0 radical (unpaired) electrons. The van der Waals surface area contributed by atoms with Gasteiger partial charge >= 0.3 is 5.97 Å². The normalized spacial score (nSPS) is 12.3. The van der Waals surface area contributed by atoms with Gasteiger partial charge in [0.2, 0.25) is 0 Å². The highest BCUT2D eigenvalue weighted by molar-refractivity contribution is 6.32. The van der Waals surface area contributed by atoms with E-state index in [2.05, 4.69) is 0 Å². The van der Waals surface area contributed by atoms with Gasteiger partial charge < -0.3 is 15.6 Å². The first-order valence-electron chi connectivity index (χ1n) is 3.98. The first-order valence-corrected chi connectivity index (χ1v) is 4.36. The maximum Gasteiger partial charge on any atom is 0.325 e. The van der Waals surface area contributed by atoms with E-state index in [0.29, 0.717) is 0 Å². The van der Waals surface area contributed by atoms with Crippen LogP contribution in [-0.4, -0.2) is 18.2 Å². The summed E-state index contributed by atoms with van der Waals surface area (Å²) in [7, 11) is 1.30. The van der Waals surface area contributed by atoms with Crippen LogP contribution in [-0.2, 0) is 4.79 Å². The number of rotatable bonds is 3. The van der Waals surface area contributed by atoms with Crippen LogP contribution in [0.4, 0.5) is 4.39 Å². The minimum atomic E-state index is -1.30. The Hall–Kier alpha value is -1.33. The molecule has 1 atom stereocenters. The third-order valence-electron chi connectivity index (χ3n) is 1.86. The molecule has 1 unspecified atom stereocenters. The van der Waals surface area contributed by atoms with Crippen LogP contribution in [0.15, 0.2) is 12.1 Å². The molecule has 6 heteroatoms. The SMILES string of the molecule is COc1cc(C(N)C(=O)O)cc(F)c1Cl. The largest absolute Gasteiger partial charge is 0.495 e. The Morgan fingerprint density at radius 3 is 2.73 bits per heavy atom. The van der Waals surface area contributed by atoms with Crippen LogP contribution < -0.4 is 10.5 Å². The monoisotopic (exact) mass is 233 g/mol. The van der Waals surface area contributed by atoms with Crippen molar-refractivity contribution in [2.45, 2.75) is 6.04 Å². The summed E-state index contributed by atoms with van der Waals surface area (Å²) in [6, 6.07) is 0.971. The van der Waals surface area contributed by atoms with Crippen LogP contribution in [0.2, 0.25) is 5.02 Å². The standard InChI is InChI=1S/C9H9ClFNO3/c1-15-6-3-4(8(12)9(13)14)2-5(11)7(6)10/h2-3,8H,12H2,1H3,(H,13,14). The Kier molecular flexibility index (Phi) is 3.49. The number of benzene rings is 1. The molecule has 1 rings (SSSR count). The van der Waals surface area contributed by atoms with Gasteiger partial charge in [0.05, 0.1) is 7.11 Å². The molecule has 0 fully saturated rings. The van der Waals surface area contributed by atoms with E-state index in [1.165, 1.54) is 13.2 Å². The number of ether oxygens (including phenoxy) is 1. The fourth-order valence-corrected chi connectivity index (χ4v) is 1.24. The number of hydrogen-bond donors (Lipinski definition) is 2. The Bertz CT molecular complexity index is 397. The molecule has 0 saturated heterocycles. The Morgan fingerprint density at radius 2 is 2.27 bits per heavy atom. The highest BCUT2D eigenvalue weighted by Crippen LogP contribution is 2.30. The molecule has 3 N–H and O–H groups in total. The van der Waals surface area contributed by atoms with Gasteiger partial charge in [0.25, 0.3) is 0 Å². The lowest BCUT2D eigenvalue weighted by atomic mass is 10.1. The summed E-state index contributed by atoms with van der Waals surface area (Å²) in [5, 5.41) is 8.44. The van der Waals surface area contributed by atoms with Crippen LogP contribution in [0.25, 0.3) is 0 Å². The zero-order valence-corrected chi connectivity index (χ0v) is 8.58. The third kappa shape index (κ3) is 2.37. The number of halogens is 2. The second kappa shape index (κ2) is 4.46. The minimum Gasteiger partial charge on any atom is -0.495 e. The highest BCUT2D eigenvalue weighted by Gasteiger charge is 2.18. The van der Waals surface area contributed by atoms with E-state index in [9.17, 15) is 9.18 Å². The second-order valence-corrected chi connectivity index (χ2v) is 3.21. The number of carboxylic acids is 1. The van der Waals surface area contributed by atoms with Crippen LogP contribution in [0.3, 0.4) is 0 Å². The predicted molar refractivity (Wildman–Crippen MR) is 52.5 cm³/mol. The summed E-state index contributed by atoms with van der Waals surface area (Å²) >= 11 is 5.56. The van der Waals surface area contributed by atoms with Crippen molar-refractivity contribution in [1.82, 2.24) is 0 Å². The lowest BCUT2D eigenvalue weighted by Gasteiger charge is -2.10. The molecule has 0 aliphatic rings. The minimum absolute atomic E-state index is 0.0587. The van der Waals surface area contributed by atoms with E-state index in [0.717, 1.165) is 6.07 Å². The van der Waals surface area contributed by atoms with Gasteiger partial charge in [-0.05, 0) is 17.7 Å². The molecule has 0 heterocycles. The molecule has 0 aromatic heterocycles. The Balaban J connectivity index is 3.22. The summed E-state index contributed by atoms with van der Waals surface area (Å²) in [6.45, 7) is 0. The smallest absolute Gasteiger partial charge is 0.325 e. The number of hydrogen-bond acceptors (Lipinski definition) is 3. The molecule has 0 spiro atoms. The fraction of sp³-hybridized carbons (Fsp3) is 0.222. The summed E-state index contributed by atoms with van der Waals surface area (Å²) in [5.74, 6) is -1.95. The summed E-state index contributed by atoms with van der Waals surface area (Å²) in [6.07, 6.45) is 0. The zero-order chi connectivity index (χ0) is 11.6. The average Bonchev–Trinajstić information content (AvgIpc) is 2.20. The van der Waals surface area contributed by atoms with Crippen molar-refractivity contribution in [3.63, 3.8) is 0 Å². The van der Waals surface area contributed by atoms with Crippen molar-refractivity contribution >= 4 is 17.6 Å². The molecule has 4 nitrogen and oxygen atoms in total. The van der Waals surface area contributed by atoms with E-state index in [1.807, 2.05) is 0 Å². The van der Waals surface area contributed by atoms with E-state index >= 15 is 0 Å². The Labute approximate surface area is 90.4 Å². The lowest BCUT2D eigenvalue weighted by molar-refractivity contribution is -0.138. The summed E-state index contributed by atoms with van der Waals surface area (Å²) in [4.78, 5) is 10.6. The van der Waals surface area contributed by atoms with Gasteiger partial charge in [0, 0.05) is 0 Å². The number of aliphatic carboxylic acids is 1. The molecule has 0 aliphatic carbocycles. The van der Waals surface area contributed by atoms with Crippen molar-refractivity contribution in [1.29, 1.82) is 0 Å².